The SMILES string of the molecule is O=C(CSc1nc2ccccc2c(=O)n1-c1ccc(Cl)cc1)NN=Cc1ccc(Cl)cc1Cl. The lowest BCUT2D eigenvalue weighted by atomic mass is 10.2. The molecule has 6 nitrogen and oxygen atoms in total. The number of nitrogens with one attached hydrogen (secondary N) is 1. The predicted molar refractivity (Wildman–Crippen MR) is 135 cm³/mol. The Morgan fingerprint density at radius 3 is 2.52 bits per heavy atom. The van der Waals surface area contributed by atoms with Gasteiger partial charge >= 0.3 is 0 Å². The van der Waals surface area contributed by atoms with E-state index < -0.39 is 0 Å². The van der Waals surface area contributed by atoms with Gasteiger partial charge in [0.25, 0.3) is 11.5 Å². The summed E-state index contributed by atoms with van der Waals surface area (Å²) in [6.07, 6.45) is 1.43. The van der Waals surface area contributed by atoms with Crippen molar-refractivity contribution in [1.29, 1.82) is 0 Å². The number of hydrogen-bond acceptors (Lipinski definition) is 5. The average Bonchev–Trinajstić information content (AvgIpc) is 2.80. The van der Waals surface area contributed by atoms with E-state index in [2.05, 4.69) is 15.5 Å². The third kappa shape index (κ3) is 5.57. The summed E-state index contributed by atoms with van der Waals surface area (Å²) in [5.74, 6) is -0.379. The number of hydrogen-bond donors (Lipinski definition) is 1. The van der Waals surface area contributed by atoms with Crippen molar-refractivity contribution in [2.24, 2.45) is 5.10 Å². The van der Waals surface area contributed by atoms with Gasteiger partial charge in [-0.05, 0) is 48.5 Å². The molecule has 166 valence electrons. The van der Waals surface area contributed by atoms with E-state index in [1.165, 1.54) is 10.8 Å². The van der Waals surface area contributed by atoms with Crippen molar-refractivity contribution in [2.75, 3.05) is 5.75 Å². The van der Waals surface area contributed by atoms with Gasteiger partial charge in [0.15, 0.2) is 5.16 Å². The summed E-state index contributed by atoms with van der Waals surface area (Å²) in [5.41, 5.74) is 3.97. The summed E-state index contributed by atoms with van der Waals surface area (Å²) >= 11 is 19.1. The molecule has 0 saturated heterocycles. The number of carbonyl (C=O) groups excluding carboxylic acids is 1. The largest absolute Gasteiger partial charge is 0.272 e. The monoisotopic (exact) mass is 516 g/mol. The van der Waals surface area contributed by atoms with Crippen molar-refractivity contribution in [2.45, 2.75) is 5.16 Å². The standard InChI is InChI=1S/C23H15Cl3N4O2S/c24-15-7-9-17(10-8-15)30-22(32)18-3-1-2-4-20(18)28-23(30)33-13-21(31)29-27-12-14-5-6-16(25)11-19(14)26/h1-12H,13H2,(H,29,31). The fraction of sp³-hybridized carbons (Fsp3) is 0.0435. The molecule has 0 radical (unpaired) electrons. The highest BCUT2D eigenvalue weighted by Crippen LogP contribution is 2.22. The minimum Gasteiger partial charge on any atom is -0.272 e. The maximum absolute atomic E-state index is 13.2. The Balaban J connectivity index is 1.55. The molecule has 1 aromatic heterocycles. The lowest BCUT2D eigenvalue weighted by Crippen LogP contribution is -2.24. The van der Waals surface area contributed by atoms with E-state index in [4.69, 9.17) is 34.8 Å². The Labute approximate surface area is 208 Å². The molecule has 10 heteroatoms. The van der Waals surface area contributed by atoms with Gasteiger partial charge in [-0.25, -0.2) is 10.4 Å². The number of hydrazone groups is 1. The van der Waals surface area contributed by atoms with Crippen LogP contribution < -0.4 is 11.0 Å². The van der Waals surface area contributed by atoms with E-state index >= 15 is 0 Å². The highest BCUT2D eigenvalue weighted by Gasteiger charge is 2.14. The van der Waals surface area contributed by atoms with Crippen LogP contribution in [0.1, 0.15) is 5.56 Å². The third-order valence-electron chi connectivity index (χ3n) is 4.52. The Morgan fingerprint density at radius 1 is 1.03 bits per heavy atom. The van der Waals surface area contributed by atoms with Gasteiger partial charge in [-0.2, -0.15) is 5.10 Å². The average molecular weight is 518 g/mol. The summed E-state index contributed by atoms with van der Waals surface area (Å²) in [6.45, 7) is 0. The highest BCUT2D eigenvalue weighted by atomic mass is 35.5. The molecule has 0 unspecified atom stereocenters. The first-order chi connectivity index (χ1) is 15.9. The van der Waals surface area contributed by atoms with Crippen LogP contribution in [0.2, 0.25) is 15.1 Å². The van der Waals surface area contributed by atoms with Gasteiger partial charge in [0.2, 0.25) is 0 Å². The maximum Gasteiger partial charge on any atom is 0.266 e. The fourth-order valence-corrected chi connectivity index (χ4v) is 4.36. The summed E-state index contributed by atoms with van der Waals surface area (Å²) in [6, 6.07) is 18.8. The van der Waals surface area contributed by atoms with E-state index in [-0.39, 0.29) is 17.2 Å². The molecular weight excluding hydrogens is 503 g/mol. The van der Waals surface area contributed by atoms with E-state index in [0.29, 0.717) is 42.4 Å². The molecule has 4 rings (SSSR count). The predicted octanol–water partition coefficient (Wildman–Crippen LogP) is 5.59. The van der Waals surface area contributed by atoms with Gasteiger partial charge in [-0.3, -0.25) is 14.2 Å². The number of nitrogens with zero attached hydrogens (tertiary/aromatic N) is 3. The van der Waals surface area contributed by atoms with Crippen molar-refractivity contribution in [3.8, 4) is 5.69 Å². The van der Waals surface area contributed by atoms with Crippen LogP contribution in [0.3, 0.4) is 0 Å². The molecule has 1 heterocycles. The molecule has 33 heavy (non-hydrogen) atoms. The van der Waals surface area contributed by atoms with Crippen LogP contribution in [0.4, 0.5) is 0 Å². The van der Waals surface area contributed by atoms with E-state index in [0.717, 1.165) is 11.8 Å². The van der Waals surface area contributed by atoms with Crippen LogP contribution in [0.5, 0.6) is 0 Å². The molecule has 0 bridgehead atoms. The number of fused-ring (bicyclic) bond motifs is 1. The first kappa shape index (κ1) is 23.3. The summed E-state index contributed by atoms with van der Waals surface area (Å²) in [4.78, 5) is 30.1. The quantitative estimate of drug-likeness (QED) is 0.157. The molecule has 0 spiro atoms. The third-order valence-corrected chi connectivity index (χ3v) is 6.27. The van der Waals surface area contributed by atoms with Gasteiger partial charge in [0.1, 0.15) is 0 Å². The number of benzene rings is 3. The molecular formula is C23H15Cl3N4O2S. The molecule has 3 aromatic carbocycles. The second kappa shape index (κ2) is 10.4. The molecule has 0 saturated carbocycles. The molecule has 0 aliphatic carbocycles. The molecule has 1 N–H and O–H groups in total. The van der Waals surface area contributed by atoms with Crippen molar-refractivity contribution in [3.05, 3.63) is 97.7 Å². The van der Waals surface area contributed by atoms with Crippen LogP contribution in [-0.4, -0.2) is 27.4 Å². The smallest absolute Gasteiger partial charge is 0.266 e. The van der Waals surface area contributed by atoms with E-state index in [9.17, 15) is 9.59 Å². The lowest BCUT2D eigenvalue weighted by Gasteiger charge is -2.13. The fourth-order valence-electron chi connectivity index (χ4n) is 2.97. The van der Waals surface area contributed by atoms with Crippen LogP contribution >= 0.6 is 46.6 Å². The number of para-hydroxylation sites is 1. The number of carbonyl (C=O) groups is 1. The van der Waals surface area contributed by atoms with E-state index in [1.54, 1.807) is 66.7 Å². The first-order valence-electron chi connectivity index (χ1n) is 9.60. The Hall–Kier alpha value is -2.84. The summed E-state index contributed by atoms with van der Waals surface area (Å²) in [5, 5.41) is 6.26. The molecule has 0 aliphatic rings. The zero-order valence-corrected chi connectivity index (χ0v) is 19.9. The highest BCUT2D eigenvalue weighted by molar-refractivity contribution is 7.99. The zero-order valence-electron chi connectivity index (χ0n) is 16.8. The number of aromatic nitrogens is 2. The minimum absolute atomic E-state index is 0.00986. The van der Waals surface area contributed by atoms with Crippen molar-refractivity contribution >= 4 is 69.6 Å². The number of rotatable bonds is 6. The molecule has 0 aliphatic heterocycles. The van der Waals surface area contributed by atoms with Crippen LogP contribution in [0.15, 0.2) is 81.8 Å². The number of thioether (sulfide) groups is 1. The van der Waals surface area contributed by atoms with Gasteiger partial charge in [-0.1, -0.05) is 64.8 Å². The molecule has 1 amide bonds. The lowest BCUT2D eigenvalue weighted by molar-refractivity contribution is -0.118. The van der Waals surface area contributed by atoms with Crippen molar-refractivity contribution in [3.63, 3.8) is 0 Å². The zero-order chi connectivity index (χ0) is 23.4. The van der Waals surface area contributed by atoms with Gasteiger partial charge in [0, 0.05) is 15.6 Å². The second-order valence-corrected chi connectivity index (χ2v) is 9.00. The van der Waals surface area contributed by atoms with Gasteiger partial charge in [-0.15, -0.1) is 0 Å². The Kier molecular flexibility index (Phi) is 7.35. The number of amides is 1. The topological polar surface area (TPSA) is 76.3 Å². The minimum atomic E-state index is -0.369. The summed E-state index contributed by atoms with van der Waals surface area (Å²) < 4.78 is 1.47. The number of halogens is 3. The second-order valence-electron chi connectivity index (χ2n) is 6.78. The normalized spacial score (nSPS) is 11.2. The Bertz CT molecular complexity index is 1420. The van der Waals surface area contributed by atoms with Crippen LogP contribution in [0.25, 0.3) is 16.6 Å². The maximum atomic E-state index is 13.2. The van der Waals surface area contributed by atoms with Gasteiger partial charge < -0.3 is 0 Å². The molecule has 0 atom stereocenters. The Morgan fingerprint density at radius 2 is 1.76 bits per heavy atom. The molecule has 0 fully saturated rings. The summed E-state index contributed by atoms with van der Waals surface area (Å²) in [7, 11) is 0. The van der Waals surface area contributed by atoms with Crippen LogP contribution in [-0.2, 0) is 4.79 Å². The first-order valence-corrected chi connectivity index (χ1v) is 11.7. The van der Waals surface area contributed by atoms with E-state index in [1.807, 2.05) is 0 Å². The molecule has 4 aromatic rings. The van der Waals surface area contributed by atoms with Gasteiger partial charge in [0.05, 0.1) is 33.6 Å². The van der Waals surface area contributed by atoms with Crippen molar-refractivity contribution in [1.82, 2.24) is 15.0 Å². The van der Waals surface area contributed by atoms with Crippen LogP contribution in [0, 0.1) is 0 Å². The van der Waals surface area contributed by atoms with Crippen molar-refractivity contribution < 1.29 is 4.79 Å².